The van der Waals surface area contributed by atoms with Crippen LogP contribution >= 0.6 is 0 Å². The molecular weight excluding hydrogens is 208 g/mol. The molecule has 0 aromatic carbocycles. The van der Waals surface area contributed by atoms with Gasteiger partial charge in [0.15, 0.2) is 0 Å². The molecule has 0 saturated heterocycles. The van der Waals surface area contributed by atoms with Crippen molar-refractivity contribution in [2.45, 2.75) is 71.3 Å². The fourth-order valence-corrected chi connectivity index (χ4v) is 3.33. The molecule has 1 atom stereocenters. The predicted octanol–water partition coefficient (Wildman–Crippen LogP) is 3.26. The highest BCUT2D eigenvalue weighted by atomic mass is 15.3. The quantitative estimate of drug-likeness (QED) is 0.586. The van der Waals surface area contributed by atoms with Crippen molar-refractivity contribution in [2.24, 2.45) is 0 Å². The highest BCUT2D eigenvalue weighted by molar-refractivity contribution is 5.76. The van der Waals surface area contributed by atoms with E-state index >= 15 is 0 Å². The normalized spacial score (nSPS) is 28.6. The lowest BCUT2D eigenvalue weighted by atomic mass is 10.1. The van der Waals surface area contributed by atoms with E-state index in [9.17, 15) is 0 Å². The SMILES string of the molecule is CC1=[N+]2CCCCCCCCCCN1C(C)C2. The standard InChI is InChI=1S/C15H29N2/c1-14-13-16-11-9-7-5-3-4-6-8-10-12-17(14)15(16)2/h14H,3-13H2,1-2H3/q+1. The molecule has 2 heterocycles. The average molecular weight is 237 g/mol. The van der Waals surface area contributed by atoms with Gasteiger partial charge in [0, 0.05) is 6.92 Å². The van der Waals surface area contributed by atoms with Gasteiger partial charge in [0.05, 0.1) is 13.1 Å². The molecule has 0 amide bonds. The summed E-state index contributed by atoms with van der Waals surface area (Å²) in [7, 11) is 0. The van der Waals surface area contributed by atoms with Crippen LogP contribution in [0.1, 0.15) is 65.2 Å². The molecule has 0 aliphatic carbocycles. The maximum atomic E-state index is 2.64. The molecule has 98 valence electrons. The lowest BCUT2D eigenvalue weighted by Crippen LogP contribution is -2.34. The Morgan fingerprint density at radius 2 is 1.53 bits per heavy atom. The lowest BCUT2D eigenvalue weighted by Gasteiger charge is -2.15. The maximum absolute atomic E-state index is 2.64. The molecule has 0 spiro atoms. The van der Waals surface area contributed by atoms with Crippen LogP contribution < -0.4 is 0 Å². The first-order valence-electron chi connectivity index (χ1n) is 7.64. The van der Waals surface area contributed by atoms with Gasteiger partial charge < -0.3 is 0 Å². The van der Waals surface area contributed by atoms with Gasteiger partial charge in [-0.05, 0) is 32.6 Å². The van der Waals surface area contributed by atoms with Crippen LogP contribution in [0.5, 0.6) is 0 Å². The van der Waals surface area contributed by atoms with Gasteiger partial charge in [0.25, 0.3) is 0 Å². The molecule has 2 aliphatic rings. The Morgan fingerprint density at radius 1 is 0.941 bits per heavy atom. The van der Waals surface area contributed by atoms with E-state index in [2.05, 4.69) is 23.3 Å². The van der Waals surface area contributed by atoms with Crippen molar-refractivity contribution in [2.75, 3.05) is 19.6 Å². The Morgan fingerprint density at radius 3 is 2.24 bits per heavy atom. The second-order valence-corrected chi connectivity index (χ2v) is 5.86. The number of amidine groups is 1. The lowest BCUT2D eigenvalue weighted by molar-refractivity contribution is -0.522. The van der Waals surface area contributed by atoms with Gasteiger partial charge in [-0.25, -0.2) is 0 Å². The molecule has 2 nitrogen and oxygen atoms in total. The number of hydrogen-bond donors (Lipinski definition) is 0. The van der Waals surface area contributed by atoms with Crippen LogP contribution in [0.15, 0.2) is 0 Å². The topological polar surface area (TPSA) is 6.25 Å². The number of fused-ring (bicyclic) bond motifs is 1. The summed E-state index contributed by atoms with van der Waals surface area (Å²) in [5.74, 6) is 1.54. The zero-order valence-electron chi connectivity index (χ0n) is 11.7. The van der Waals surface area contributed by atoms with Crippen molar-refractivity contribution in [3.05, 3.63) is 0 Å². The monoisotopic (exact) mass is 237 g/mol. The third-order valence-corrected chi connectivity index (χ3v) is 4.47. The Kier molecular flexibility index (Phi) is 4.87. The molecule has 2 bridgehead atoms. The zero-order chi connectivity index (χ0) is 12.1. The van der Waals surface area contributed by atoms with E-state index in [1.807, 2.05) is 0 Å². The van der Waals surface area contributed by atoms with Crippen molar-refractivity contribution < 1.29 is 4.58 Å². The summed E-state index contributed by atoms with van der Waals surface area (Å²) in [4.78, 5) is 2.64. The third kappa shape index (κ3) is 3.46. The highest BCUT2D eigenvalue weighted by Gasteiger charge is 2.32. The van der Waals surface area contributed by atoms with E-state index in [-0.39, 0.29) is 0 Å². The molecule has 2 aliphatic heterocycles. The summed E-state index contributed by atoms with van der Waals surface area (Å²) < 4.78 is 2.61. The van der Waals surface area contributed by atoms with Crippen molar-refractivity contribution in [1.29, 1.82) is 0 Å². The molecule has 0 aromatic heterocycles. The van der Waals surface area contributed by atoms with Crippen LogP contribution in [0.3, 0.4) is 0 Å². The van der Waals surface area contributed by atoms with Gasteiger partial charge in [-0.15, -0.1) is 0 Å². The minimum absolute atomic E-state index is 0.734. The minimum Gasteiger partial charge on any atom is -0.262 e. The van der Waals surface area contributed by atoms with Crippen LogP contribution in [0.2, 0.25) is 0 Å². The summed E-state index contributed by atoms with van der Waals surface area (Å²) in [6.45, 7) is 8.53. The molecule has 2 heteroatoms. The Labute approximate surface area is 107 Å². The summed E-state index contributed by atoms with van der Waals surface area (Å²) in [5.41, 5.74) is 0. The second kappa shape index (κ2) is 6.42. The van der Waals surface area contributed by atoms with E-state index in [4.69, 9.17) is 0 Å². The van der Waals surface area contributed by atoms with E-state index in [1.165, 1.54) is 76.8 Å². The van der Waals surface area contributed by atoms with Crippen LogP contribution in [0, 0.1) is 0 Å². The first kappa shape index (κ1) is 12.9. The molecule has 0 aromatic rings. The number of nitrogens with zero attached hydrogens (tertiary/aromatic N) is 2. The molecule has 0 saturated carbocycles. The van der Waals surface area contributed by atoms with E-state index in [0.717, 1.165) is 6.04 Å². The van der Waals surface area contributed by atoms with Crippen molar-refractivity contribution in [3.63, 3.8) is 0 Å². The van der Waals surface area contributed by atoms with Crippen LogP contribution in [-0.2, 0) is 0 Å². The summed E-state index contributed by atoms with van der Waals surface area (Å²) >= 11 is 0. The first-order chi connectivity index (χ1) is 8.29. The molecular formula is C15H29N2+. The van der Waals surface area contributed by atoms with Gasteiger partial charge in [-0.1, -0.05) is 25.7 Å². The predicted molar refractivity (Wildman–Crippen MR) is 73.8 cm³/mol. The molecule has 0 radical (unpaired) electrons. The second-order valence-electron chi connectivity index (χ2n) is 5.86. The Bertz CT molecular complexity index is 270. The largest absolute Gasteiger partial charge is 0.262 e. The van der Waals surface area contributed by atoms with E-state index in [0.29, 0.717) is 0 Å². The molecule has 0 N–H and O–H groups in total. The van der Waals surface area contributed by atoms with Crippen molar-refractivity contribution in [3.8, 4) is 0 Å². The van der Waals surface area contributed by atoms with Crippen molar-refractivity contribution >= 4 is 5.84 Å². The van der Waals surface area contributed by atoms with E-state index < -0.39 is 0 Å². The van der Waals surface area contributed by atoms with Gasteiger partial charge in [-0.2, -0.15) is 0 Å². The van der Waals surface area contributed by atoms with Crippen molar-refractivity contribution in [1.82, 2.24) is 4.90 Å². The maximum Gasteiger partial charge on any atom is 0.244 e. The average Bonchev–Trinajstić information content (AvgIpc) is 2.59. The Balaban J connectivity index is 1.95. The van der Waals surface area contributed by atoms with Crippen LogP contribution in [0.25, 0.3) is 0 Å². The number of rotatable bonds is 0. The summed E-state index contributed by atoms with van der Waals surface area (Å²) in [6, 6.07) is 0.734. The zero-order valence-corrected chi connectivity index (χ0v) is 11.7. The summed E-state index contributed by atoms with van der Waals surface area (Å²) in [6.07, 6.45) is 11.4. The molecule has 17 heavy (non-hydrogen) atoms. The smallest absolute Gasteiger partial charge is 0.244 e. The first-order valence-corrected chi connectivity index (χ1v) is 7.64. The highest BCUT2D eigenvalue weighted by Crippen LogP contribution is 2.15. The van der Waals surface area contributed by atoms with E-state index in [1.54, 1.807) is 0 Å². The Hall–Kier alpha value is -0.530. The van der Waals surface area contributed by atoms with Crippen LogP contribution in [-0.4, -0.2) is 41.0 Å². The fourth-order valence-electron chi connectivity index (χ4n) is 3.33. The van der Waals surface area contributed by atoms with Gasteiger partial charge in [-0.3, -0.25) is 9.48 Å². The summed E-state index contributed by atoms with van der Waals surface area (Å²) in [5, 5.41) is 0. The van der Waals surface area contributed by atoms with Gasteiger partial charge in [0.2, 0.25) is 5.84 Å². The fraction of sp³-hybridized carbons (Fsp3) is 0.933. The van der Waals surface area contributed by atoms with Gasteiger partial charge in [0.1, 0.15) is 12.6 Å². The third-order valence-electron chi connectivity index (χ3n) is 4.47. The molecule has 0 fully saturated rings. The number of hydrogen-bond acceptors (Lipinski definition) is 1. The minimum atomic E-state index is 0.734. The van der Waals surface area contributed by atoms with Crippen LogP contribution in [0.4, 0.5) is 0 Å². The molecule has 1 unspecified atom stereocenters. The van der Waals surface area contributed by atoms with Gasteiger partial charge >= 0.3 is 0 Å². The molecule has 2 rings (SSSR count).